The highest BCUT2D eigenvalue weighted by atomic mass is 14.9. The van der Waals surface area contributed by atoms with Crippen LogP contribution in [0.5, 0.6) is 0 Å². The van der Waals surface area contributed by atoms with Crippen molar-refractivity contribution in [1.82, 2.24) is 15.0 Å². The van der Waals surface area contributed by atoms with Crippen LogP contribution in [0, 0.1) is 0 Å². The van der Waals surface area contributed by atoms with E-state index in [-0.39, 0.29) is 0 Å². The molecule has 0 aliphatic carbocycles. The molecule has 10 rings (SSSR count). The third-order valence-electron chi connectivity index (χ3n) is 10.5. The molecule has 0 unspecified atom stereocenters. The monoisotopic (exact) mass is 713 g/mol. The minimum Gasteiger partial charge on any atom is -0.264 e. The second-order valence-electron chi connectivity index (χ2n) is 14.1. The number of fused-ring (bicyclic) bond motifs is 2. The van der Waals surface area contributed by atoms with E-state index in [1.807, 2.05) is 18.3 Å². The van der Waals surface area contributed by atoms with Gasteiger partial charge < -0.3 is 0 Å². The topological polar surface area (TPSA) is 38.7 Å². The summed E-state index contributed by atoms with van der Waals surface area (Å²) in [5.74, 6) is 0.672. The fourth-order valence-corrected chi connectivity index (χ4v) is 7.53. The van der Waals surface area contributed by atoms with E-state index in [0.29, 0.717) is 5.82 Å². The zero-order chi connectivity index (χ0) is 37.3. The maximum atomic E-state index is 5.31. The minimum absolute atomic E-state index is 0.672. The van der Waals surface area contributed by atoms with E-state index in [1.54, 1.807) is 6.20 Å². The normalized spacial score (nSPS) is 11.2. The second-order valence-corrected chi connectivity index (χ2v) is 14.1. The van der Waals surface area contributed by atoms with Crippen LogP contribution in [0.3, 0.4) is 0 Å². The number of benzene rings is 8. The lowest BCUT2D eigenvalue weighted by molar-refractivity contribution is 1.18. The molecule has 2 aromatic heterocycles. The van der Waals surface area contributed by atoms with E-state index in [4.69, 9.17) is 9.97 Å². The van der Waals surface area contributed by atoms with Crippen molar-refractivity contribution in [3.8, 4) is 78.4 Å². The second kappa shape index (κ2) is 14.4. The summed E-state index contributed by atoms with van der Waals surface area (Å²) < 4.78 is 0. The quantitative estimate of drug-likeness (QED) is 0.165. The molecule has 3 heteroatoms. The van der Waals surface area contributed by atoms with Gasteiger partial charge >= 0.3 is 0 Å². The van der Waals surface area contributed by atoms with Crippen LogP contribution in [-0.4, -0.2) is 15.0 Å². The van der Waals surface area contributed by atoms with Gasteiger partial charge in [0.2, 0.25) is 0 Å². The molecule has 2 heterocycles. The van der Waals surface area contributed by atoms with Crippen LogP contribution in [0.4, 0.5) is 0 Å². The molecule has 10 aromatic rings. The average molecular weight is 714 g/mol. The molecular weight excluding hydrogens is 679 g/mol. The summed E-state index contributed by atoms with van der Waals surface area (Å²) in [5, 5.41) is 4.87. The predicted molar refractivity (Wildman–Crippen MR) is 233 cm³/mol. The summed E-state index contributed by atoms with van der Waals surface area (Å²) >= 11 is 0. The Morgan fingerprint density at radius 3 is 1.29 bits per heavy atom. The van der Waals surface area contributed by atoms with E-state index in [1.165, 1.54) is 27.1 Å². The van der Waals surface area contributed by atoms with Gasteiger partial charge in [-0.1, -0.05) is 158 Å². The third kappa shape index (κ3) is 6.63. The molecule has 0 bridgehead atoms. The highest BCUT2D eigenvalue weighted by Gasteiger charge is 2.15. The third-order valence-corrected chi connectivity index (χ3v) is 10.5. The van der Waals surface area contributed by atoms with Crippen molar-refractivity contribution < 1.29 is 0 Å². The molecule has 0 fully saturated rings. The minimum atomic E-state index is 0.672. The van der Waals surface area contributed by atoms with Crippen LogP contribution in [0.1, 0.15) is 0 Å². The molecule has 0 atom stereocenters. The van der Waals surface area contributed by atoms with Gasteiger partial charge in [0.15, 0.2) is 5.82 Å². The Kier molecular flexibility index (Phi) is 8.51. The van der Waals surface area contributed by atoms with Crippen LogP contribution in [0.25, 0.3) is 100.0 Å². The number of nitrogens with zero attached hydrogens (tertiary/aromatic N) is 3. The maximum absolute atomic E-state index is 5.31. The number of pyridine rings is 1. The highest BCUT2D eigenvalue weighted by molar-refractivity contribution is 5.92. The number of hydrogen-bond acceptors (Lipinski definition) is 3. The molecule has 0 amide bonds. The molecule has 56 heavy (non-hydrogen) atoms. The molecule has 0 saturated carbocycles. The number of hydrogen-bond donors (Lipinski definition) is 0. The summed E-state index contributed by atoms with van der Waals surface area (Å²) in [7, 11) is 0. The first kappa shape index (κ1) is 33.1. The SMILES string of the molecule is c1ccc(-c2ccc(-c3cc(-c4cc(-c5ccc6ccccc6c5)cc(-c5ccc6ccccc6c5)c4)nc(-c4ccc(-c5cccnc5)cc4)n3)cc2)cc1. The highest BCUT2D eigenvalue weighted by Crippen LogP contribution is 2.37. The Morgan fingerprint density at radius 1 is 0.250 bits per heavy atom. The smallest absolute Gasteiger partial charge is 0.160 e. The molecule has 262 valence electrons. The van der Waals surface area contributed by atoms with Crippen molar-refractivity contribution in [2.75, 3.05) is 0 Å². The van der Waals surface area contributed by atoms with E-state index in [9.17, 15) is 0 Å². The molecule has 0 aliphatic rings. The Balaban J connectivity index is 1.15. The van der Waals surface area contributed by atoms with Crippen molar-refractivity contribution in [2.45, 2.75) is 0 Å². The first-order valence-corrected chi connectivity index (χ1v) is 18.9. The Labute approximate surface area is 326 Å². The molecule has 0 radical (unpaired) electrons. The molecule has 0 N–H and O–H groups in total. The Bertz CT molecular complexity index is 2790. The van der Waals surface area contributed by atoms with Crippen LogP contribution < -0.4 is 0 Å². The van der Waals surface area contributed by atoms with Gasteiger partial charge in [0.05, 0.1) is 11.4 Å². The van der Waals surface area contributed by atoms with Crippen molar-refractivity contribution in [3.63, 3.8) is 0 Å². The summed E-state index contributed by atoms with van der Waals surface area (Å²) in [4.78, 5) is 14.8. The van der Waals surface area contributed by atoms with Gasteiger partial charge in [0, 0.05) is 29.1 Å². The molecule has 8 aromatic carbocycles. The van der Waals surface area contributed by atoms with Crippen molar-refractivity contribution in [1.29, 1.82) is 0 Å². The van der Waals surface area contributed by atoms with Crippen LogP contribution in [0.2, 0.25) is 0 Å². The molecule has 3 nitrogen and oxygen atoms in total. The van der Waals surface area contributed by atoms with Crippen molar-refractivity contribution >= 4 is 21.5 Å². The lowest BCUT2D eigenvalue weighted by Gasteiger charge is -2.14. The lowest BCUT2D eigenvalue weighted by Crippen LogP contribution is -1.97. The Hall–Kier alpha value is -7.49. The van der Waals surface area contributed by atoms with Gasteiger partial charge in [0.25, 0.3) is 0 Å². The zero-order valence-electron chi connectivity index (χ0n) is 30.5. The molecular formula is C53H35N3. The van der Waals surface area contributed by atoms with Crippen LogP contribution >= 0.6 is 0 Å². The van der Waals surface area contributed by atoms with Crippen LogP contribution in [-0.2, 0) is 0 Å². The van der Waals surface area contributed by atoms with Gasteiger partial charge in [-0.15, -0.1) is 0 Å². The zero-order valence-corrected chi connectivity index (χ0v) is 30.5. The van der Waals surface area contributed by atoms with Gasteiger partial charge in [-0.3, -0.25) is 4.98 Å². The van der Waals surface area contributed by atoms with Crippen LogP contribution in [0.15, 0.2) is 213 Å². The first-order valence-electron chi connectivity index (χ1n) is 18.9. The Morgan fingerprint density at radius 2 is 0.696 bits per heavy atom. The predicted octanol–water partition coefficient (Wildman–Crippen LogP) is 13.8. The van der Waals surface area contributed by atoms with Gasteiger partial charge in [-0.2, -0.15) is 0 Å². The standard InChI is InChI=1S/C53H35N3/c1-2-9-36(10-3-1)39-16-22-41(23-17-39)51-34-52(56-53(55-51)42-24-18-40(19-25-42)47-15-8-28-54-35-47)50-32-48(45-26-20-37-11-4-6-13-43(37)29-45)31-49(33-50)46-27-21-38-12-5-7-14-44(38)30-46/h1-35H. The fraction of sp³-hybridized carbons (Fsp3) is 0. The average Bonchev–Trinajstić information content (AvgIpc) is 3.29. The van der Waals surface area contributed by atoms with Gasteiger partial charge in [-0.05, 0) is 109 Å². The maximum Gasteiger partial charge on any atom is 0.160 e. The summed E-state index contributed by atoms with van der Waals surface area (Å²) in [6.45, 7) is 0. The van der Waals surface area contributed by atoms with Gasteiger partial charge in [-0.25, -0.2) is 9.97 Å². The van der Waals surface area contributed by atoms with E-state index in [0.717, 1.165) is 67.0 Å². The summed E-state index contributed by atoms with van der Waals surface area (Å²) in [6.07, 6.45) is 3.69. The van der Waals surface area contributed by atoms with E-state index >= 15 is 0 Å². The first-order chi connectivity index (χ1) is 27.7. The van der Waals surface area contributed by atoms with Gasteiger partial charge in [0.1, 0.15) is 0 Å². The number of aromatic nitrogens is 3. The van der Waals surface area contributed by atoms with E-state index in [2.05, 4.69) is 193 Å². The molecule has 0 saturated heterocycles. The molecule has 0 aliphatic heterocycles. The largest absolute Gasteiger partial charge is 0.264 e. The van der Waals surface area contributed by atoms with E-state index < -0.39 is 0 Å². The van der Waals surface area contributed by atoms with Crippen molar-refractivity contribution in [3.05, 3.63) is 213 Å². The molecule has 0 spiro atoms. The lowest BCUT2D eigenvalue weighted by atomic mass is 9.92. The number of rotatable bonds is 7. The fourth-order valence-electron chi connectivity index (χ4n) is 7.53. The summed E-state index contributed by atoms with van der Waals surface area (Å²) in [5.41, 5.74) is 13.8. The van der Waals surface area contributed by atoms with Crippen molar-refractivity contribution in [2.24, 2.45) is 0 Å². The summed E-state index contributed by atoms with van der Waals surface area (Å²) in [6, 6.07) is 71.1.